The van der Waals surface area contributed by atoms with Gasteiger partial charge in [0.1, 0.15) is 0 Å². The van der Waals surface area contributed by atoms with Crippen molar-refractivity contribution in [1.82, 2.24) is 5.32 Å². The lowest BCUT2D eigenvalue weighted by Gasteiger charge is -2.27. The van der Waals surface area contributed by atoms with Crippen LogP contribution in [-0.2, 0) is 11.2 Å². The Labute approximate surface area is 122 Å². The molecule has 0 saturated heterocycles. The molecule has 0 aliphatic heterocycles. The average molecular weight is 277 g/mol. The molecule has 1 aromatic carbocycles. The number of rotatable bonds is 6. The number of aliphatic hydroxyl groups is 1. The lowest BCUT2D eigenvalue weighted by molar-refractivity contribution is 0.0225. The van der Waals surface area contributed by atoms with Gasteiger partial charge in [0.2, 0.25) is 0 Å². The molecule has 3 heteroatoms. The van der Waals surface area contributed by atoms with Crippen molar-refractivity contribution in [2.75, 3.05) is 20.3 Å². The number of hydrogen-bond donors (Lipinski definition) is 2. The summed E-state index contributed by atoms with van der Waals surface area (Å²) >= 11 is 0. The number of fused-ring (bicyclic) bond motifs is 1. The second kappa shape index (κ2) is 7.21. The summed E-state index contributed by atoms with van der Waals surface area (Å²) in [4.78, 5) is 0. The standard InChI is InChI=1S/C17H27NO2/c1-17(19,11-12-20-2)13-18-16-10-6-4-8-14-7-3-5-9-15(14)16/h3,5,7,9,16,18-19H,4,6,8,10-13H2,1-2H3. The molecule has 0 spiro atoms. The third kappa shape index (κ3) is 4.30. The predicted molar refractivity (Wildman–Crippen MR) is 81.9 cm³/mol. The summed E-state index contributed by atoms with van der Waals surface area (Å²) in [6.45, 7) is 3.08. The highest BCUT2D eigenvalue weighted by molar-refractivity contribution is 5.31. The summed E-state index contributed by atoms with van der Waals surface area (Å²) in [5, 5.41) is 13.9. The van der Waals surface area contributed by atoms with Crippen molar-refractivity contribution in [3.63, 3.8) is 0 Å². The van der Waals surface area contributed by atoms with Crippen LogP contribution < -0.4 is 5.32 Å². The van der Waals surface area contributed by atoms with Gasteiger partial charge >= 0.3 is 0 Å². The molecule has 1 aliphatic carbocycles. The number of benzene rings is 1. The van der Waals surface area contributed by atoms with E-state index in [9.17, 15) is 5.11 Å². The van der Waals surface area contributed by atoms with Crippen LogP contribution in [0.1, 0.15) is 49.8 Å². The number of hydrogen-bond acceptors (Lipinski definition) is 3. The smallest absolute Gasteiger partial charge is 0.0765 e. The van der Waals surface area contributed by atoms with E-state index in [0.717, 1.165) is 6.42 Å². The van der Waals surface area contributed by atoms with Crippen LogP contribution in [0, 0.1) is 0 Å². The molecule has 0 aromatic heterocycles. The van der Waals surface area contributed by atoms with Gasteiger partial charge in [0, 0.05) is 32.7 Å². The van der Waals surface area contributed by atoms with Crippen LogP contribution in [0.2, 0.25) is 0 Å². The van der Waals surface area contributed by atoms with Crippen molar-refractivity contribution in [3.05, 3.63) is 35.4 Å². The third-order valence-electron chi connectivity index (χ3n) is 4.19. The lowest BCUT2D eigenvalue weighted by atomic mass is 9.97. The Kier molecular flexibility index (Phi) is 5.58. The van der Waals surface area contributed by atoms with E-state index in [1.165, 1.54) is 30.4 Å². The Morgan fingerprint density at radius 3 is 2.95 bits per heavy atom. The Bertz CT molecular complexity index is 417. The maximum absolute atomic E-state index is 10.4. The molecule has 20 heavy (non-hydrogen) atoms. The van der Waals surface area contributed by atoms with Crippen LogP contribution in [0.5, 0.6) is 0 Å². The second-order valence-corrected chi connectivity index (χ2v) is 6.12. The van der Waals surface area contributed by atoms with Crippen molar-refractivity contribution in [1.29, 1.82) is 0 Å². The summed E-state index contributed by atoms with van der Waals surface area (Å²) in [5.41, 5.74) is 2.16. The maximum atomic E-state index is 10.4. The summed E-state index contributed by atoms with van der Waals surface area (Å²) in [5.74, 6) is 0. The van der Waals surface area contributed by atoms with Gasteiger partial charge in [-0.2, -0.15) is 0 Å². The molecule has 3 nitrogen and oxygen atoms in total. The lowest BCUT2D eigenvalue weighted by Crippen LogP contribution is -2.40. The zero-order valence-corrected chi connectivity index (χ0v) is 12.7. The Morgan fingerprint density at radius 1 is 1.35 bits per heavy atom. The van der Waals surface area contributed by atoms with E-state index >= 15 is 0 Å². The SMILES string of the molecule is COCCC(C)(O)CNC1CCCCc2ccccc21. The quantitative estimate of drug-likeness (QED) is 0.786. The van der Waals surface area contributed by atoms with Gasteiger partial charge in [-0.15, -0.1) is 0 Å². The molecule has 0 heterocycles. The molecule has 2 N–H and O–H groups in total. The maximum Gasteiger partial charge on any atom is 0.0765 e. The van der Waals surface area contributed by atoms with Crippen LogP contribution in [0.4, 0.5) is 0 Å². The van der Waals surface area contributed by atoms with Crippen LogP contribution in [0.25, 0.3) is 0 Å². The molecule has 112 valence electrons. The van der Waals surface area contributed by atoms with Crippen LogP contribution >= 0.6 is 0 Å². The highest BCUT2D eigenvalue weighted by Gasteiger charge is 2.24. The first-order valence-electron chi connectivity index (χ1n) is 7.65. The van der Waals surface area contributed by atoms with E-state index in [2.05, 4.69) is 29.6 Å². The number of aryl methyl sites for hydroxylation is 1. The van der Waals surface area contributed by atoms with E-state index < -0.39 is 5.60 Å². The zero-order valence-electron chi connectivity index (χ0n) is 12.7. The van der Waals surface area contributed by atoms with Crippen LogP contribution in [0.3, 0.4) is 0 Å². The first-order valence-corrected chi connectivity index (χ1v) is 7.65. The first-order chi connectivity index (χ1) is 9.62. The van der Waals surface area contributed by atoms with Crippen LogP contribution in [-0.4, -0.2) is 31.0 Å². The minimum absolute atomic E-state index is 0.364. The van der Waals surface area contributed by atoms with Crippen molar-refractivity contribution in [3.8, 4) is 0 Å². The summed E-state index contributed by atoms with van der Waals surface area (Å²) < 4.78 is 5.06. The van der Waals surface area contributed by atoms with Crippen molar-refractivity contribution < 1.29 is 9.84 Å². The predicted octanol–water partition coefficient (Wildman–Crippen LogP) is 2.83. The van der Waals surface area contributed by atoms with Crippen molar-refractivity contribution >= 4 is 0 Å². The van der Waals surface area contributed by atoms with Gasteiger partial charge in [-0.3, -0.25) is 0 Å². The third-order valence-corrected chi connectivity index (χ3v) is 4.19. The Hall–Kier alpha value is -0.900. The van der Waals surface area contributed by atoms with E-state index in [0.29, 0.717) is 25.6 Å². The van der Waals surface area contributed by atoms with E-state index in [1.54, 1.807) is 7.11 Å². The topological polar surface area (TPSA) is 41.5 Å². The zero-order chi connectivity index (χ0) is 14.4. The van der Waals surface area contributed by atoms with Gasteiger partial charge in [-0.1, -0.05) is 30.7 Å². The van der Waals surface area contributed by atoms with Gasteiger partial charge in [0.05, 0.1) is 5.60 Å². The van der Waals surface area contributed by atoms with Gasteiger partial charge in [0.15, 0.2) is 0 Å². The summed E-state index contributed by atoms with van der Waals surface area (Å²) in [6, 6.07) is 9.06. The Morgan fingerprint density at radius 2 is 2.15 bits per heavy atom. The monoisotopic (exact) mass is 277 g/mol. The van der Waals surface area contributed by atoms with Crippen molar-refractivity contribution in [2.24, 2.45) is 0 Å². The number of nitrogens with one attached hydrogen (secondary N) is 1. The summed E-state index contributed by atoms with van der Waals surface area (Å²) in [7, 11) is 1.67. The van der Waals surface area contributed by atoms with Gasteiger partial charge in [-0.25, -0.2) is 0 Å². The normalized spacial score (nSPS) is 21.9. The van der Waals surface area contributed by atoms with Crippen molar-refractivity contribution in [2.45, 2.75) is 50.7 Å². The molecule has 2 unspecified atom stereocenters. The average Bonchev–Trinajstić information content (AvgIpc) is 2.65. The molecule has 0 bridgehead atoms. The first kappa shape index (κ1) is 15.5. The van der Waals surface area contributed by atoms with E-state index in [-0.39, 0.29) is 0 Å². The highest BCUT2D eigenvalue weighted by Crippen LogP contribution is 2.28. The molecular weight excluding hydrogens is 250 g/mol. The summed E-state index contributed by atoms with van der Waals surface area (Å²) in [6.07, 6.45) is 5.48. The fraction of sp³-hybridized carbons (Fsp3) is 0.647. The molecule has 0 radical (unpaired) electrons. The van der Waals surface area contributed by atoms with Gasteiger partial charge in [0.25, 0.3) is 0 Å². The molecule has 1 aliphatic rings. The molecule has 0 amide bonds. The molecule has 1 aromatic rings. The second-order valence-electron chi connectivity index (χ2n) is 6.12. The fourth-order valence-corrected chi connectivity index (χ4v) is 2.89. The molecule has 0 fully saturated rings. The minimum Gasteiger partial charge on any atom is -0.389 e. The highest BCUT2D eigenvalue weighted by atomic mass is 16.5. The molecule has 0 saturated carbocycles. The van der Waals surface area contributed by atoms with Crippen LogP contribution in [0.15, 0.2) is 24.3 Å². The fourth-order valence-electron chi connectivity index (χ4n) is 2.89. The molecule has 2 atom stereocenters. The van der Waals surface area contributed by atoms with E-state index in [4.69, 9.17) is 4.74 Å². The number of methoxy groups -OCH3 is 1. The number of ether oxygens (including phenoxy) is 1. The van der Waals surface area contributed by atoms with E-state index in [1.807, 2.05) is 6.92 Å². The molecular formula is C17H27NO2. The molecule has 2 rings (SSSR count). The largest absolute Gasteiger partial charge is 0.389 e. The minimum atomic E-state index is -0.711. The van der Waals surface area contributed by atoms with Gasteiger partial charge in [-0.05, 0) is 37.3 Å². The Balaban J connectivity index is 1.99. The van der Waals surface area contributed by atoms with Gasteiger partial charge < -0.3 is 15.2 Å².